The van der Waals surface area contributed by atoms with Gasteiger partial charge < -0.3 is 9.64 Å². The molecule has 3 rings (SSSR count). The van der Waals surface area contributed by atoms with E-state index in [1.54, 1.807) is 30.9 Å². The Morgan fingerprint density at radius 1 is 1.10 bits per heavy atom. The predicted octanol–water partition coefficient (Wildman–Crippen LogP) is 2.20. The minimum atomic E-state index is -3.91. The minimum absolute atomic E-state index is 0.0859. The van der Waals surface area contributed by atoms with Gasteiger partial charge >= 0.3 is 0 Å². The summed E-state index contributed by atoms with van der Waals surface area (Å²) in [5, 5.41) is 11.0. The fourth-order valence-electron chi connectivity index (χ4n) is 3.28. The number of benzene rings is 2. The SMILES string of the molecule is Cc1ccc([N+](=O)[O-])cc1S(=O)(=O)N1CCN(C(=O)C(C)Oc2ccccc2)CC1. The lowest BCUT2D eigenvalue weighted by atomic mass is 10.2. The van der Waals surface area contributed by atoms with E-state index in [9.17, 15) is 23.3 Å². The molecular weight excluding hydrogens is 410 g/mol. The molecule has 0 N–H and O–H groups in total. The van der Waals surface area contributed by atoms with E-state index in [-0.39, 0.29) is 42.7 Å². The van der Waals surface area contributed by atoms with Gasteiger partial charge in [-0.15, -0.1) is 0 Å². The molecule has 10 heteroatoms. The first-order valence-electron chi connectivity index (χ1n) is 9.46. The Morgan fingerprint density at radius 2 is 1.73 bits per heavy atom. The summed E-state index contributed by atoms with van der Waals surface area (Å²) in [5.74, 6) is 0.364. The Balaban J connectivity index is 1.67. The number of nitrogens with zero attached hydrogens (tertiary/aromatic N) is 3. The molecule has 2 aromatic carbocycles. The lowest BCUT2D eigenvalue weighted by Gasteiger charge is -2.35. The maximum absolute atomic E-state index is 13.0. The highest BCUT2D eigenvalue weighted by Crippen LogP contribution is 2.25. The van der Waals surface area contributed by atoms with E-state index >= 15 is 0 Å². The molecule has 1 aliphatic heterocycles. The lowest BCUT2D eigenvalue weighted by Crippen LogP contribution is -2.53. The van der Waals surface area contributed by atoms with E-state index in [0.717, 1.165) is 6.07 Å². The molecule has 0 aromatic heterocycles. The number of non-ortho nitro benzene ring substituents is 1. The Kier molecular flexibility index (Phi) is 6.37. The van der Waals surface area contributed by atoms with E-state index in [2.05, 4.69) is 0 Å². The average molecular weight is 433 g/mol. The number of ether oxygens (including phenoxy) is 1. The molecule has 2 aromatic rings. The normalized spacial score (nSPS) is 16.1. The Bertz CT molecular complexity index is 1030. The van der Waals surface area contributed by atoms with Crippen LogP contribution in [0.4, 0.5) is 5.69 Å². The van der Waals surface area contributed by atoms with Gasteiger partial charge in [-0.25, -0.2) is 8.42 Å². The molecule has 0 spiro atoms. The predicted molar refractivity (Wildman–Crippen MR) is 110 cm³/mol. The molecular formula is C20H23N3O6S. The zero-order chi connectivity index (χ0) is 21.9. The molecule has 1 saturated heterocycles. The van der Waals surface area contributed by atoms with Gasteiger partial charge in [0.25, 0.3) is 11.6 Å². The van der Waals surface area contributed by atoms with E-state index < -0.39 is 21.1 Å². The number of carbonyl (C=O) groups is 1. The van der Waals surface area contributed by atoms with Crippen LogP contribution in [-0.2, 0) is 14.8 Å². The van der Waals surface area contributed by atoms with Crippen molar-refractivity contribution in [3.8, 4) is 5.75 Å². The highest BCUT2D eigenvalue weighted by atomic mass is 32.2. The molecule has 1 aliphatic rings. The Labute approximate surface area is 175 Å². The van der Waals surface area contributed by atoms with E-state index in [1.807, 2.05) is 18.2 Å². The van der Waals surface area contributed by atoms with Crippen molar-refractivity contribution < 1.29 is 22.9 Å². The zero-order valence-electron chi connectivity index (χ0n) is 16.7. The van der Waals surface area contributed by atoms with Crippen LogP contribution in [0.5, 0.6) is 5.75 Å². The molecule has 1 atom stereocenters. The van der Waals surface area contributed by atoms with Crippen molar-refractivity contribution in [3.05, 3.63) is 64.2 Å². The van der Waals surface area contributed by atoms with Crippen molar-refractivity contribution in [1.29, 1.82) is 0 Å². The third-order valence-corrected chi connectivity index (χ3v) is 7.00. The number of nitro benzene ring substituents is 1. The summed E-state index contributed by atoms with van der Waals surface area (Å²) in [5.41, 5.74) is 0.156. The minimum Gasteiger partial charge on any atom is -0.481 e. The first-order valence-corrected chi connectivity index (χ1v) is 10.9. The van der Waals surface area contributed by atoms with Crippen molar-refractivity contribution in [3.63, 3.8) is 0 Å². The van der Waals surface area contributed by atoms with Crippen molar-refractivity contribution in [1.82, 2.24) is 9.21 Å². The van der Waals surface area contributed by atoms with Crippen LogP contribution in [0.25, 0.3) is 0 Å². The van der Waals surface area contributed by atoms with Gasteiger partial charge in [0.2, 0.25) is 10.0 Å². The molecule has 0 bridgehead atoms. The smallest absolute Gasteiger partial charge is 0.270 e. The van der Waals surface area contributed by atoms with E-state index in [4.69, 9.17) is 4.74 Å². The van der Waals surface area contributed by atoms with Crippen LogP contribution in [0.3, 0.4) is 0 Å². The van der Waals surface area contributed by atoms with Gasteiger partial charge in [-0.05, 0) is 31.5 Å². The van der Waals surface area contributed by atoms with Crippen LogP contribution in [0.2, 0.25) is 0 Å². The van der Waals surface area contributed by atoms with Crippen LogP contribution in [0.15, 0.2) is 53.4 Å². The number of hydrogen-bond donors (Lipinski definition) is 0. The van der Waals surface area contributed by atoms with Crippen LogP contribution >= 0.6 is 0 Å². The maximum Gasteiger partial charge on any atom is 0.270 e. The van der Waals surface area contributed by atoms with E-state index in [0.29, 0.717) is 11.3 Å². The number of piperazine rings is 1. The third kappa shape index (κ3) is 4.60. The molecule has 1 fully saturated rings. The molecule has 1 unspecified atom stereocenters. The summed E-state index contributed by atoms with van der Waals surface area (Å²) in [4.78, 5) is 24.5. The fourth-order valence-corrected chi connectivity index (χ4v) is 4.95. The number of carbonyl (C=O) groups excluding carboxylic acids is 1. The molecule has 160 valence electrons. The largest absolute Gasteiger partial charge is 0.481 e. The summed E-state index contributed by atoms with van der Waals surface area (Å²) in [7, 11) is -3.91. The van der Waals surface area contributed by atoms with E-state index in [1.165, 1.54) is 16.4 Å². The number of sulfonamides is 1. The number of nitro groups is 1. The van der Waals surface area contributed by atoms with Gasteiger partial charge in [0.15, 0.2) is 6.10 Å². The topological polar surface area (TPSA) is 110 Å². The number of rotatable bonds is 6. The van der Waals surface area contributed by atoms with Gasteiger partial charge in [-0.1, -0.05) is 24.3 Å². The standard InChI is InChI=1S/C20H23N3O6S/c1-15-8-9-17(23(25)26)14-19(15)30(27,28)22-12-10-21(11-13-22)20(24)16(2)29-18-6-4-3-5-7-18/h3-9,14,16H,10-13H2,1-2H3. The number of amides is 1. The van der Waals surface area contributed by atoms with Gasteiger partial charge in [-0.3, -0.25) is 14.9 Å². The molecule has 30 heavy (non-hydrogen) atoms. The molecule has 9 nitrogen and oxygen atoms in total. The van der Waals surface area contributed by atoms with Crippen molar-refractivity contribution in [2.75, 3.05) is 26.2 Å². The molecule has 1 amide bonds. The molecule has 0 saturated carbocycles. The number of para-hydroxylation sites is 1. The second-order valence-electron chi connectivity index (χ2n) is 7.01. The summed E-state index contributed by atoms with van der Waals surface area (Å²) in [6.45, 7) is 3.90. The monoisotopic (exact) mass is 433 g/mol. The third-order valence-electron chi connectivity index (χ3n) is 4.95. The summed E-state index contributed by atoms with van der Waals surface area (Å²) in [6.07, 6.45) is -0.699. The fraction of sp³-hybridized carbons (Fsp3) is 0.350. The highest BCUT2D eigenvalue weighted by molar-refractivity contribution is 7.89. The molecule has 1 heterocycles. The Hall–Kier alpha value is -2.98. The van der Waals surface area contributed by atoms with Crippen molar-refractivity contribution in [2.45, 2.75) is 24.8 Å². The van der Waals surface area contributed by atoms with Crippen molar-refractivity contribution in [2.24, 2.45) is 0 Å². The summed E-state index contributed by atoms with van der Waals surface area (Å²) < 4.78 is 32.9. The average Bonchev–Trinajstić information content (AvgIpc) is 2.74. The zero-order valence-corrected chi connectivity index (χ0v) is 17.5. The summed E-state index contributed by atoms with van der Waals surface area (Å²) >= 11 is 0. The van der Waals surface area contributed by atoms with Gasteiger partial charge in [0.05, 0.1) is 9.82 Å². The molecule has 0 aliphatic carbocycles. The molecule has 0 radical (unpaired) electrons. The second kappa shape index (κ2) is 8.80. The van der Waals surface area contributed by atoms with Crippen molar-refractivity contribution >= 4 is 21.6 Å². The van der Waals surface area contributed by atoms with Crippen LogP contribution in [0, 0.1) is 17.0 Å². The van der Waals surface area contributed by atoms with Gasteiger partial charge in [0, 0.05) is 38.3 Å². The maximum atomic E-state index is 13.0. The van der Waals surface area contributed by atoms with Crippen LogP contribution < -0.4 is 4.74 Å². The first-order chi connectivity index (χ1) is 14.2. The number of hydrogen-bond acceptors (Lipinski definition) is 6. The van der Waals surface area contributed by atoms with Gasteiger partial charge in [-0.2, -0.15) is 4.31 Å². The second-order valence-corrected chi connectivity index (χ2v) is 8.92. The lowest BCUT2D eigenvalue weighted by molar-refractivity contribution is -0.385. The summed E-state index contributed by atoms with van der Waals surface area (Å²) in [6, 6.07) is 12.8. The first kappa shape index (κ1) is 21.7. The quantitative estimate of drug-likeness (QED) is 0.510. The van der Waals surface area contributed by atoms with Crippen LogP contribution in [0.1, 0.15) is 12.5 Å². The Morgan fingerprint density at radius 3 is 2.33 bits per heavy atom. The van der Waals surface area contributed by atoms with Crippen LogP contribution in [-0.4, -0.2) is 60.7 Å². The van der Waals surface area contributed by atoms with Gasteiger partial charge in [0.1, 0.15) is 5.75 Å². The number of aryl methyl sites for hydroxylation is 1. The highest BCUT2D eigenvalue weighted by Gasteiger charge is 2.33.